The van der Waals surface area contributed by atoms with Gasteiger partial charge in [-0.05, 0) is 41.1 Å². The minimum atomic E-state index is 0.0331. The van der Waals surface area contributed by atoms with Gasteiger partial charge in [-0.15, -0.1) is 0 Å². The third-order valence-electron chi connectivity index (χ3n) is 2.15. The van der Waals surface area contributed by atoms with Crippen LogP contribution in [0.2, 0.25) is 5.02 Å². The maximum atomic E-state index is 11.2. The molecular formula is C11H8BrClN2O. The van der Waals surface area contributed by atoms with E-state index in [9.17, 15) is 4.79 Å². The summed E-state index contributed by atoms with van der Waals surface area (Å²) in [6, 6.07) is 5.36. The second-order valence-corrected chi connectivity index (χ2v) is 4.62. The number of Topliss-reactive ketones (excluding diaryl/α,β-unsaturated/α-hetero) is 1. The molecule has 0 fully saturated rings. The van der Waals surface area contributed by atoms with Gasteiger partial charge in [0.05, 0.1) is 16.9 Å². The van der Waals surface area contributed by atoms with E-state index in [1.165, 1.54) is 6.92 Å². The van der Waals surface area contributed by atoms with Gasteiger partial charge in [-0.2, -0.15) is 5.10 Å². The van der Waals surface area contributed by atoms with Crippen molar-refractivity contribution < 1.29 is 4.79 Å². The zero-order valence-corrected chi connectivity index (χ0v) is 10.8. The first-order valence-corrected chi connectivity index (χ1v) is 5.76. The van der Waals surface area contributed by atoms with Crippen LogP contribution in [0.15, 0.2) is 35.1 Å². The largest absolute Gasteiger partial charge is 0.295 e. The van der Waals surface area contributed by atoms with Crippen molar-refractivity contribution in [1.29, 1.82) is 0 Å². The number of hydrogen-bond donors (Lipinski definition) is 0. The number of hydrogen-bond acceptors (Lipinski definition) is 2. The lowest BCUT2D eigenvalue weighted by Gasteiger charge is -2.05. The third-order valence-corrected chi connectivity index (χ3v) is 2.98. The van der Waals surface area contributed by atoms with Gasteiger partial charge in [-0.25, -0.2) is 4.68 Å². The highest BCUT2D eigenvalue weighted by molar-refractivity contribution is 9.10. The fourth-order valence-corrected chi connectivity index (χ4v) is 2.04. The molecule has 1 aromatic heterocycles. The summed E-state index contributed by atoms with van der Waals surface area (Å²) in [5, 5.41) is 4.66. The predicted octanol–water partition coefficient (Wildman–Crippen LogP) is 3.49. The van der Waals surface area contributed by atoms with Crippen molar-refractivity contribution in [1.82, 2.24) is 9.78 Å². The summed E-state index contributed by atoms with van der Waals surface area (Å²) < 4.78 is 2.45. The van der Waals surface area contributed by atoms with Crippen LogP contribution in [0.25, 0.3) is 5.69 Å². The third kappa shape index (κ3) is 2.18. The van der Waals surface area contributed by atoms with E-state index >= 15 is 0 Å². The van der Waals surface area contributed by atoms with Gasteiger partial charge in [0.25, 0.3) is 0 Å². The van der Waals surface area contributed by atoms with E-state index in [-0.39, 0.29) is 5.78 Å². The molecule has 2 rings (SSSR count). The van der Waals surface area contributed by atoms with Crippen LogP contribution >= 0.6 is 27.5 Å². The van der Waals surface area contributed by atoms with Crippen molar-refractivity contribution in [3.05, 3.63) is 45.7 Å². The Kier molecular flexibility index (Phi) is 3.12. The zero-order valence-electron chi connectivity index (χ0n) is 8.45. The van der Waals surface area contributed by atoms with Crippen LogP contribution in [0.1, 0.15) is 17.3 Å². The topological polar surface area (TPSA) is 34.9 Å². The van der Waals surface area contributed by atoms with Crippen molar-refractivity contribution in [2.24, 2.45) is 0 Å². The first-order valence-electron chi connectivity index (χ1n) is 4.59. The molecule has 0 spiro atoms. The summed E-state index contributed by atoms with van der Waals surface area (Å²) in [4.78, 5) is 11.2. The second-order valence-electron chi connectivity index (χ2n) is 3.33. The quantitative estimate of drug-likeness (QED) is 0.796. The first kappa shape index (κ1) is 11.4. The van der Waals surface area contributed by atoms with Crippen LogP contribution in [0.4, 0.5) is 0 Å². The molecule has 1 aromatic carbocycles. The molecule has 0 saturated heterocycles. The van der Waals surface area contributed by atoms with Gasteiger partial charge in [-0.3, -0.25) is 4.79 Å². The molecule has 1 heterocycles. The first-order chi connectivity index (χ1) is 7.58. The Morgan fingerprint density at radius 2 is 2.25 bits per heavy atom. The zero-order chi connectivity index (χ0) is 11.7. The molecule has 0 atom stereocenters. The van der Waals surface area contributed by atoms with Crippen LogP contribution in [0.3, 0.4) is 0 Å². The van der Waals surface area contributed by atoms with Crippen LogP contribution in [0.5, 0.6) is 0 Å². The molecule has 2 aromatic rings. The minimum Gasteiger partial charge on any atom is -0.295 e. The lowest BCUT2D eigenvalue weighted by molar-refractivity contribution is 0.101. The number of benzene rings is 1. The molecular weight excluding hydrogens is 291 g/mol. The van der Waals surface area contributed by atoms with Crippen molar-refractivity contribution >= 4 is 33.3 Å². The van der Waals surface area contributed by atoms with Gasteiger partial charge in [0.15, 0.2) is 5.78 Å². The monoisotopic (exact) mass is 298 g/mol. The van der Waals surface area contributed by atoms with Gasteiger partial charge >= 0.3 is 0 Å². The highest BCUT2D eigenvalue weighted by Gasteiger charge is 2.07. The molecule has 0 unspecified atom stereocenters. The highest BCUT2D eigenvalue weighted by atomic mass is 79.9. The molecule has 3 nitrogen and oxygen atoms in total. The molecule has 0 aliphatic carbocycles. The minimum absolute atomic E-state index is 0.0331. The highest BCUT2D eigenvalue weighted by Crippen LogP contribution is 2.23. The smallest absolute Gasteiger partial charge is 0.159 e. The molecule has 16 heavy (non-hydrogen) atoms. The van der Waals surface area contributed by atoms with E-state index in [1.54, 1.807) is 29.2 Å². The van der Waals surface area contributed by atoms with Crippen LogP contribution in [-0.2, 0) is 0 Å². The molecule has 0 amide bonds. The summed E-state index contributed by atoms with van der Waals surface area (Å²) in [5.74, 6) is 0.0331. The van der Waals surface area contributed by atoms with Crippen molar-refractivity contribution in [2.75, 3.05) is 0 Å². The maximum Gasteiger partial charge on any atom is 0.159 e. The van der Waals surface area contributed by atoms with Gasteiger partial charge in [0.2, 0.25) is 0 Å². The summed E-state index contributed by atoms with van der Waals surface area (Å²) in [6.07, 6.45) is 3.27. The number of halogens is 2. The number of aromatic nitrogens is 2. The Morgan fingerprint density at radius 3 is 2.75 bits per heavy atom. The van der Waals surface area contributed by atoms with E-state index in [1.807, 2.05) is 6.07 Å². The molecule has 0 saturated carbocycles. The molecule has 0 bridgehead atoms. The fourth-order valence-electron chi connectivity index (χ4n) is 1.34. The summed E-state index contributed by atoms with van der Waals surface area (Å²) >= 11 is 9.20. The van der Waals surface area contributed by atoms with E-state index in [2.05, 4.69) is 21.0 Å². The molecule has 0 aliphatic heterocycles. The van der Waals surface area contributed by atoms with Crippen LogP contribution in [-0.4, -0.2) is 15.6 Å². The average Bonchev–Trinajstić information content (AvgIpc) is 2.64. The Labute approximate surface area is 106 Å². The lowest BCUT2D eigenvalue weighted by Crippen LogP contribution is -1.98. The Morgan fingerprint density at radius 1 is 1.50 bits per heavy atom. The molecule has 0 aliphatic rings. The van der Waals surface area contributed by atoms with E-state index in [0.29, 0.717) is 10.6 Å². The SMILES string of the molecule is CC(=O)c1ccc(-n2cc(Cl)cn2)c(Br)c1. The summed E-state index contributed by atoms with van der Waals surface area (Å²) in [7, 11) is 0. The van der Waals surface area contributed by atoms with E-state index in [4.69, 9.17) is 11.6 Å². The number of ketones is 1. The van der Waals surface area contributed by atoms with E-state index < -0.39 is 0 Å². The lowest BCUT2D eigenvalue weighted by atomic mass is 10.1. The van der Waals surface area contributed by atoms with Gasteiger partial charge in [-0.1, -0.05) is 11.6 Å². The van der Waals surface area contributed by atoms with E-state index in [0.717, 1.165) is 10.2 Å². The second kappa shape index (κ2) is 4.39. The van der Waals surface area contributed by atoms with Gasteiger partial charge in [0, 0.05) is 16.2 Å². The number of rotatable bonds is 2. The Balaban J connectivity index is 2.47. The van der Waals surface area contributed by atoms with Gasteiger partial charge in [0.1, 0.15) is 0 Å². The van der Waals surface area contributed by atoms with Crippen molar-refractivity contribution in [2.45, 2.75) is 6.92 Å². The van der Waals surface area contributed by atoms with Crippen LogP contribution in [0, 0.1) is 0 Å². The standard InChI is InChI=1S/C11H8BrClN2O/c1-7(16)8-2-3-11(10(12)4-8)15-6-9(13)5-14-15/h2-6H,1H3. The summed E-state index contributed by atoms with van der Waals surface area (Å²) in [6.45, 7) is 1.53. The molecule has 0 N–H and O–H groups in total. The fraction of sp³-hybridized carbons (Fsp3) is 0.0909. The van der Waals surface area contributed by atoms with Crippen molar-refractivity contribution in [3.63, 3.8) is 0 Å². The number of carbonyl (C=O) groups is 1. The Bertz CT molecular complexity index is 551. The van der Waals surface area contributed by atoms with Crippen molar-refractivity contribution in [3.8, 4) is 5.69 Å². The molecule has 0 radical (unpaired) electrons. The normalized spacial score (nSPS) is 10.4. The van der Waals surface area contributed by atoms with Gasteiger partial charge < -0.3 is 0 Å². The predicted molar refractivity (Wildman–Crippen MR) is 66.3 cm³/mol. The Hall–Kier alpha value is -1.13. The number of nitrogens with zero attached hydrogens (tertiary/aromatic N) is 2. The number of carbonyl (C=O) groups excluding carboxylic acids is 1. The molecule has 5 heteroatoms. The molecule has 82 valence electrons. The summed E-state index contributed by atoms with van der Waals surface area (Å²) in [5.41, 5.74) is 1.51. The average molecular weight is 300 g/mol. The maximum absolute atomic E-state index is 11.2. The van der Waals surface area contributed by atoms with Crippen LogP contribution < -0.4 is 0 Å².